The highest BCUT2D eigenvalue weighted by molar-refractivity contribution is 6.27. The average Bonchev–Trinajstić information content (AvgIpc) is 2.01. The molecule has 0 aromatic rings. The molecule has 6 N–H and O–H groups in total. The molecule has 0 rings (SSSR count). The Hall–Kier alpha value is -1.83. The highest BCUT2D eigenvalue weighted by Gasteiger charge is 2.04. The molecule has 0 aliphatic rings. The van der Waals surface area contributed by atoms with Gasteiger partial charge in [0, 0.05) is 6.54 Å². The number of hydrogen-bond acceptors (Lipinski definition) is 4. The lowest BCUT2D eigenvalue weighted by atomic mass is 10.7. The van der Waals surface area contributed by atoms with Gasteiger partial charge in [0.1, 0.15) is 0 Å². The second-order valence-corrected chi connectivity index (χ2v) is 1.62. The van der Waals surface area contributed by atoms with Crippen molar-refractivity contribution < 1.29 is 29.7 Å². The monoisotopic (exact) mass is 194 g/mol. The molecule has 8 heteroatoms. The zero-order valence-electron chi connectivity index (χ0n) is 6.56. The van der Waals surface area contributed by atoms with E-state index in [4.69, 9.17) is 24.9 Å². The molecule has 0 aromatic carbocycles. The lowest BCUT2D eigenvalue weighted by molar-refractivity contribution is -0.159. The maximum atomic E-state index is 9.76. The summed E-state index contributed by atoms with van der Waals surface area (Å²) in [6.45, 7) is 0.165. The van der Waals surface area contributed by atoms with Gasteiger partial charge in [0.2, 0.25) is 0 Å². The van der Waals surface area contributed by atoms with Gasteiger partial charge in [-0.25, -0.2) is 14.4 Å². The minimum absolute atomic E-state index is 0.0665. The molecule has 0 saturated carbocycles. The third kappa shape index (κ3) is 17.8. The lowest BCUT2D eigenvalue weighted by Crippen LogP contribution is -2.31. The van der Waals surface area contributed by atoms with E-state index in [1.165, 1.54) is 0 Å². The van der Waals surface area contributed by atoms with E-state index in [1.807, 2.05) is 0 Å². The molecule has 0 aromatic heterocycles. The van der Waals surface area contributed by atoms with Gasteiger partial charge >= 0.3 is 18.0 Å². The number of aliphatic hydroxyl groups is 1. The molecule has 0 saturated heterocycles. The van der Waals surface area contributed by atoms with E-state index in [0.717, 1.165) is 0 Å². The number of hydrogen-bond donors (Lipinski definition) is 5. The van der Waals surface area contributed by atoms with Crippen LogP contribution in [0.15, 0.2) is 0 Å². The van der Waals surface area contributed by atoms with Crippen LogP contribution in [-0.2, 0) is 9.59 Å². The summed E-state index contributed by atoms with van der Waals surface area (Å²) in [5.41, 5.74) is 4.62. The standard InChI is InChI=1S/C3H8N2O2.C2H2O4/c4-3(7)5-1-2-6;3-1(4)2(5)6/h6H,1-2H2,(H3,4,5,7);(H,3,4)(H,5,6). The van der Waals surface area contributed by atoms with E-state index in [-0.39, 0.29) is 13.2 Å². The van der Waals surface area contributed by atoms with Gasteiger partial charge in [0.15, 0.2) is 0 Å². The van der Waals surface area contributed by atoms with Crippen molar-refractivity contribution in [2.75, 3.05) is 13.2 Å². The smallest absolute Gasteiger partial charge is 0.414 e. The van der Waals surface area contributed by atoms with Crippen LogP contribution in [0, 0.1) is 0 Å². The van der Waals surface area contributed by atoms with E-state index in [9.17, 15) is 4.79 Å². The number of aliphatic carboxylic acids is 2. The minimum Gasteiger partial charge on any atom is -0.473 e. The molecule has 0 unspecified atom stereocenters. The zero-order chi connectivity index (χ0) is 10.9. The van der Waals surface area contributed by atoms with Gasteiger partial charge in [-0.2, -0.15) is 0 Å². The third-order valence-corrected chi connectivity index (χ3v) is 0.594. The van der Waals surface area contributed by atoms with Crippen LogP contribution < -0.4 is 11.1 Å². The van der Waals surface area contributed by atoms with E-state index in [0.29, 0.717) is 0 Å². The summed E-state index contributed by atoms with van der Waals surface area (Å²) >= 11 is 0. The number of urea groups is 1. The maximum Gasteiger partial charge on any atom is 0.414 e. The Morgan fingerprint density at radius 3 is 1.62 bits per heavy atom. The van der Waals surface area contributed by atoms with Crippen LogP contribution in [-0.4, -0.2) is 46.4 Å². The van der Waals surface area contributed by atoms with Crippen molar-refractivity contribution in [1.82, 2.24) is 5.32 Å². The second-order valence-electron chi connectivity index (χ2n) is 1.62. The Morgan fingerprint density at radius 2 is 1.54 bits per heavy atom. The topological polar surface area (TPSA) is 150 Å². The van der Waals surface area contributed by atoms with Crippen molar-refractivity contribution in [2.24, 2.45) is 5.73 Å². The molecule has 13 heavy (non-hydrogen) atoms. The van der Waals surface area contributed by atoms with E-state index in [2.05, 4.69) is 11.1 Å². The lowest BCUT2D eigenvalue weighted by Gasteiger charge is -1.92. The molecule has 0 bridgehead atoms. The number of amides is 2. The van der Waals surface area contributed by atoms with E-state index >= 15 is 0 Å². The Bertz CT molecular complexity index is 179. The molecule has 0 radical (unpaired) electrons. The minimum atomic E-state index is -1.82. The fourth-order valence-electron chi connectivity index (χ4n) is 0.179. The number of carboxylic acids is 2. The number of primary amides is 1. The quantitative estimate of drug-likeness (QED) is 0.315. The van der Waals surface area contributed by atoms with Gasteiger partial charge in [-0.1, -0.05) is 0 Å². The molecule has 0 fully saturated rings. The van der Waals surface area contributed by atoms with Gasteiger partial charge in [-0.3, -0.25) is 0 Å². The summed E-state index contributed by atoms with van der Waals surface area (Å²) in [6, 6.07) is -0.603. The molecular formula is C5H10N2O6. The average molecular weight is 194 g/mol. The summed E-state index contributed by atoms with van der Waals surface area (Å²) in [7, 11) is 0. The SMILES string of the molecule is NC(=O)NCCO.O=C(O)C(=O)O. The number of carboxylic acid groups (broad SMARTS) is 2. The summed E-state index contributed by atoms with van der Waals surface area (Å²) in [5.74, 6) is -3.65. The molecular weight excluding hydrogens is 184 g/mol. The maximum absolute atomic E-state index is 9.76. The number of carbonyl (C=O) groups is 3. The zero-order valence-corrected chi connectivity index (χ0v) is 6.56. The number of carbonyl (C=O) groups excluding carboxylic acids is 1. The first-order valence-corrected chi connectivity index (χ1v) is 3.02. The van der Waals surface area contributed by atoms with E-state index in [1.54, 1.807) is 0 Å². The van der Waals surface area contributed by atoms with Crippen molar-refractivity contribution in [3.8, 4) is 0 Å². The first kappa shape index (κ1) is 13.7. The number of nitrogens with two attached hydrogens (primary N) is 1. The molecule has 76 valence electrons. The van der Waals surface area contributed by atoms with Crippen molar-refractivity contribution in [1.29, 1.82) is 0 Å². The number of rotatable bonds is 2. The molecule has 0 aliphatic heterocycles. The van der Waals surface area contributed by atoms with Gasteiger partial charge < -0.3 is 26.4 Å². The van der Waals surface area contributed by atoms with Gasteiger partial charge in [0.05, 0.1) is 6.61 Å². The Balaban J connectivity index is 0. The molecule has 2 amide bonds. The molecule has 0 atom stereocenters. The van der Waals surface area contributed by atoms with Gasteiger partial charge in [0.25, 0.3) is 0 Å². The summed E-state index contributed by atoms with van der Waals surface area (Å²) in [5, 5.41) is 25.0. The summed E-state index contributed by atoms with van der Waals surface area (Å²) < 4.78 is 0. The summed E-state index contributed by atoms with van der Waals surface area (Å²) in [4.78, 5) is 28.0. The van der Waals surface area contributed by atoms with Crippen LogP contribution in [0.25, 0.3) is 0 Å². The van der Waals surface area contributed by atoms with Crippen molar-refractivity contribution >= 4 is 18.0 Å². The Kier molecular flexibility index (Phi) is 8.74. The fourth-order valence-corrected chi connectivity index (χ4v) is 0.179. The highest BCUT2D eigenvalue weighted by Crippen LogP contribution is 1.56. The normalized spacial score (nSPS) is 7.77. The number of aliphatic hydroxyl groups excluding tert-OH is 1. The van der Waals surface area contributed by atoms with Crippen molar-refractivity contribution in [3.63, 3.8) is 0 Å². The number of nitrogens with one attached hydrogen (secondary N) is 1. The van der Waals surface area contributed by atoms with Crippen LogP contribution in [0.5, 0.6) is 0 Å². The first-order chi connectivity index (χ1) is 5.91. The Morgan fingerprint density at radius 1 is 1.15 bits per heavy atom. The van der Waals surface area contributed by atoms with Crippen molar-refractivity contribution in [3.05, 3.63) is 0 Å². The van der Waals surface area contributed by atoms with Crippen LogP contribution in [0.1, 0.15) is 0 Å². The third-order valence-electron chi connectivity index (χ3n) is 0.594. The summed E-state index contributed by atoms with van der Waals surface area (Å²) in [6.07, 6.45) is 0. The second kappa shape index (κ2) is 8.27. The van der Waals surface area contributed by atoms with Crippen LogP contribution >= 0.6 is 0 Å². The van der Waals surface area contributed by atoms with Crippen LogP contribution in [0.3, 0.4) is 0 Å². The largest absolute Gasteiger partial charge is 0.473 e. The highest BCUT2D eigenvalue weighted by atomic mass is 16.4. The molecule has 8 nitrogen and oxygen atoms in total. The Labute approximate surface area is 73.0 Å². The predicted molar refractivity (Wildman–Crippen MR) is 39.9 cm³/mol. The van der Waals surface area contributed by atoms with Crippen molar-refractivity contribution in [2.45, 2.75) is 0 Å². The molecule has 0 aliphatic carbocycles. The molecule has 0 spiro atoms. The first-order valence-electron chi connectivity index (χ1n) is 3.02. The van der Waals surface area contributed by atoms with Gasteiger partial charge in [-0.05, 0) is 0 Å². The fraction of sp³-hybridized carbons (Fsp3) is 0.400. The predicted octanol–water partition coefficient (Wildman–Crippen LogP) is -2.20. The van der Waals surface area contributed by atoms with Crippen LogP contribution in [0.4, 0.5) is 4.79 Å². The van der Waals surface area contributed by atoms with Gasteiger partial charge in [-0.15, -0.1) is 0 Å². The molecule has 0 heterocycles. The van der Waals surface area contributed by atoms with E-state index < -0.39 is 18.0 Å². The van der Waals surface area contributed by atoms with Crippen LogP contribution in [0.2, 0.25) is 0 Å².